The standard InChI is InChI=1S/C12H19N5OS/c1-4-17-10(8-9(2)15-17)11-13-14-12(19)16(11)6-5-7-18-3/h8H,4-7H2,1-3H3,(H,14,19). The van der Waals surface area contributed by atoms with E-state index < -0.39 is 0 Å². The van der Waals surface area contributed by atoms with Crippen molar-refractivity contribution in [2.75, 3.05) is 13.7 Å². The second-order valence-corrected chi connectivity index (χ2v) is 4.71. The van der Waals surface area contributed by atoms with Crippen LogP contribution in [0, 0.1) is 6.92 Å². The Morgan fingerprint density at radius 1 is 1.37 bits per heavy atom. The second kappa shape index (κ2) is 6.21. The number of aromatic nitrogens is 5. The minimum Gasteiger partial charge on any atom is -0.385 e. The minimum atomic E-state index is 0.618. The van der Waals surface area contributed by atoms with E-state index in [4.69, 9.17) is 4.74 Å². The van der Waals surface area contributed by atoms with Gasteiger partial charge in [-0.1, -0.05) is 0 Å². The zero-order chi connectivity index (χ0) is 13.8. The molecule has 0 unspecified atom stereocenters. The van der Waals surface area contributed by atoms with Crippen molar-refractivity contribution in [3.8, 4) is 11.5 Å². The van der Waals surface area contributed by atoms with Crippen LogP contribution < -0.4 is 0 Å². The van der Waals surface area contributed by atoms with Crippen LogP contribution >= 0.6 is 12.6 Å². The van der Waals surface area contributed by atoms with Crippen LogP contribution in [0.15, 0.2) is 11.2 Å². The van der Waals surface area contributed by atoms with Crippen molar-refractivity contribution in [3.05, 3.63) is 11.8 Å². The van der Waals surface area contributed by atoms with Crippen LogP contribution in [-0.2, 0) is 17.8 Å². The lowest BCUT2D eigenvalue weighted by Gasteiger charge is -2.08. The van der Waals surface area contributed by atoms with Gasteiger partial charge in [0.05, 0.1) is 5.69 Å². The number of nitrogens with zero attached hydrogens (tertiary/aromatic N) is 5. The summed E-state index contributed by atoms with van der Waals surface area (Å²) in [5.41, 5.74) is 1.95. The Labute approximate surface area is 118 Å². The Balaban J connectivity index is 2.33. The third-order valence-corrected chi connectivity index (χ3v) is 3.22. The van der Waals surface area contributed by atoms with Crippen LogP contribution in [0.2, 0.25) is 0 Å². The lowest BCUT2D eigenvalue weighted by Crippen LogP contribution is -2.07. The molecule has 2 aromatic rings. The zero-order valence-electron chi connectivity index (χ0n) is 11.5. The van der Waals surface area contributed by atoms with E-state index in [1.807, 2.05) is 22.2 Å². The highest BCUT2D eigenvalue weighted by molar-refractivity contribution is 7.80. The fourth-order valence-electron chi connectivity index (χ4n) is 2.02. The van der Waals surface area contributed by atoms with Gasteiger partial charge in [-0.15, -0.1) is 22.8 Å². The maximum absolute atomic E-state index is 5.08. The molecule has 0 saturated carbocycles. The fraction of sp³-hybridized carbons (Fsp3) is 0.583. The highest BCUT2D eigenvalue weighted by atomic mass is 32.1. The smallest absolute Gasteiger partial charge is 0.188 e. The summed E-state index contributed by atoms with van der Waals surface area (Å²) in [6, 6.07) is 2.02. The van der Waals surface area contributed by atoms with Gasteiger partial charge in [-0.3, -0.25) is 4.68 Å². The largest absolute Gasteiger partial charge is 0.385 e. The molecule has 2 heterocycles. The molecule has 19 heavy (non-hydrogen) atoms. The highest BCUT2D eigenvalue weighted by Crippen LogP contribution is 2.21. The molecular weight excluding hydrogens is 262 g/mol. The molecule has 7 heteroatoms. The number of hydrogen-bond acceptors (Lipinski definition) is 5. The molecule has 0 radical (unpaired) electrons. The predicted octanol–water partition coefficient (Wildman–Crippen LogP) is 1.80. The van der Waals surface area contributed by atoms with E-state index in [1.54, 1.807) is 7.11 Å². The molecule has 0 N–H and O–H groups in total. The quantitative estimate of drug-likeness (QED) is 0.648. The van der Waals surface area contributed by atoms with Gasteiger partial charge in [0, 0.05) is 26.8 Å². The van der Waals surface area contributed by atoms with Crippen molar-refractivity contribution in [2.24, 2.45) is 0 Å². The summed E-state index contributed by atoms with van der Waals surface area (Å²) in [5, 5.41) is 13.3. The van der Waals surface area contributed by atoms with Crippen molar-refractivity contribution < 1.29 is 4.74 Å². The first-order valence-corrected chi connectivity index (χ1v) is 6.78. The van der Waals surface area contributed by atoms with Gasteiger partial charge in [-0.25, -0.2) is 0 Å². The van der Waals surface area contributed by atoms with Gasteiger partial charge in [0.25, 0.3) is 0 Å². The van der Waals surface area contributed by atoms with Crippen LogP contribution in [0.25, 0.3) is 11.5 Å². The Bertz CT molecular complexity index is 548. The summed E-state index contributed by atoms with van der Waals surface area (Å²) < 4.78 is 9.00. The highest BCUT2D eigenvalue weighted by Gasteiger charge is 2.16. The maximum Gasteiger partial charge on any atom is 0.188 e. The second-order valence-electron chi connectivity index (χ2n) is 4.31. The van der Waals surface area contributed by atoms with Gasteiger partial charge in [0.2, 0.25) is 0 Å². The van der Waals surface area contributed by atoms with Crippen LogP contribution in [0.5, 0.6) is 0 Å². The molecule has 0 saturated heterocycles. The van der Waals surface area contributed by atoms with Gasteiger partial charge >= 0.3 is 0 Å². The predicted molar refractivity (Wildman–Crippen MR) is 75.4 cm³/mol. The van der Waals surface area contributed by atoms with E-state index in [9.17, 15) is 0 Å². The van der Waals surface area contributed by atoms with Gasteiger partial charge in [0.15, 0.2) is 11.0 Å². The van der Waals surface area contributed by atoms with Crippen molar-refractivity contribution in [2.45, 2.75) is 38.5 Å². The van der Waals surface area contributed by atoms with Crippen LogP contribution in [0.1, 0.15) is 19.0 Å². The monoisotopic (exact) mass is 281 g/mol. The van der Waals surface area contributed by atoms with Crippen LogP contribution in [0.4, 0.5) is 0 Å². The molecule has 0 aliphatic rings. The Morgan fingerprint density at radius 2 is 2.16 bits per heavy atom. The Kier molecular flexibility index (Phi) is 4.60. The number of rotatable bonds is 6. The van der Waals surface area contributed by atoms with Gasteiger partial charge in [-0.2, -0.15) is 5.10 Å². The number of hydrogen-bond donors (Lipinski definition) is 1. The molecule has 0 fully saturated rings. The Hall–Kier alpha value is -1.34. The third-order valence-electron chi connectivity index (χ3n) is 2.89. The van der Waals surface area contributed by atoms with Crippen LogP contribution in [-0.4, -0.2) is 38.3 Å². The zero-order valence-corrected chi connectivity index (χ0v) is 12.4. The molecule has 0 aliphatic carbocycles. The number of ether oxygens (including phenoxy) is 1. The lowest BCUT2D eigenvalue weighted by atomic mass is 10.3. The summed E-state index contributed by atoms with van der Waals surface area (Å²) in [5.74, 6) is 0.809. The molecule has 6 nitrogen and oxygen atoms in total. The fourth-order valence-corrected chi connectivity index (χ4v) is 2.26. The van der Waals surface area contributed by atoms with Crippen molar-refractivity contribution in [1.82, 2.24) is 24.5 Å². The minimum absolute atomic E-state index is 0.618. The summed E-state index contributed by atoms with van der Waals surface area (Å²) in [4.78, 5) is 0. The molecule has 0 aromatic carbocycles. The summed E-state index contributed by atoms with van der Waals surface area (Å²) in [7, 11) is 1.70. The molecule has 2 rings (SSSR count). The molecule has 0 spiro atoms. The van der Waals surface area contributed by atoms with E-state index >= 15 is 0 Å². The van der Waals surface area contributed by atoms with Crippen molar-refractivity contribution in [3.63, 3.8) is 0 Å². The van der Waals surface area contributed by atoms with Gasteiger partial charge in [0.1, 0.15) is 5.69 Å². The molecular formula is C12H19N5OS. The van der Waals surface area contributed by atoms with Gasteiger partial charge in [-0.05, 0) is 26.3 Å². The topological polar surface area (TPSA) is 57.8 Å². The summed E-state index contributed by atoms with van der Waals surface area (Å²) in [6.07, 6.45) is 0.897. The average molecular weight is 281 g/mol. The number of methoxy groups -OCH3 is 1. The first kappa shape index (κ1) is 14.1. The first-order valence-electron chi connectivity index (χ1n) is 6.33. The van der Waals surface area contributed by atoms with E-state index in [0.717, 1.165) is 36.7 Å². The van der Waals surface area contributed by atoms with Gasteiger partial charge < -0.3 is 9.30 Å². The van der Waals surface area contributed by atoms with E-state index in [2.05, 4.69) is 34.8 Å². The third kappa shape index (κ3) is 2.98. The first-order chi connectivity index (χ1) is 9.17. The van der Waals surface area contributed by atoms with E-state index in [-0.39, 0.29) is 0 Å². The maximum atomic E-state index is 5.08. The number of aryl methyl sites for hydroxylation is 2. The van der Waals surface area contributed by atoms with E-state index in [0.29, 0.717) is 11.8 Å². The van der Waals surface area contributed by atoms with Crippen molar-refractivity contribution >= 4 is 12.6 Å². The molecule has 0 atom stereocenters. The molecule has 104 valence electrons. The normalized spacial score (nSPS) is 11.2. The molecule has 2 aromatic heterocycles. The number of thiol groups is 1. The average Bonchev–Trinajstić information content (AvgIpc) is 2.93. The summed E-state index contributed by atoms with van der Waals surface area (Å²) in [6.45, 7) is 6.32. The van der Waals surface area contributed by atoms with Crippen molar-refractivity contribution in [1.29, 1.82) is 0 Å². The molecule has 0 amide bonds. The lowest BCUT2D eigenvalue weighted by molar-refractivity contribution is 0.189. The van der Waals surface area contributed by atoms with E-state index in [1.165, 1.54) is 0 Å². The SMILES string of the molecule is CCn1nc(C)cc1-c1nnc(S)n1CCCOC. The molecule has 0 aliphatic heterocycles. The summed E-state index contributed by atoms with van der Waals surface area (Å²) >= 11 is 4.36. The van der Waals surface area contributed by atoms with Crippen LogP contribution in [0.3, 0.4) is 0 Å². The molecule has 0 bridgehead atoms. The Morgan fingerprint density at radius 3 is 2.84 bits per heavy atom.